The highest BCUT2D eigenvalue weighted by Gasteiger charge is 2.36. The van der Waals surface area contributed by atoms with Gasteiger partial charge in [-0.3, -0.25) is 9.69 Å². The third-order valence-corrected chi connectivity index (χ3v) is 4.40. The van der Waals surface area contributed by atoms with Crippen molar-refractivity contribution >= 4 is 5.91 Å². The molecule has 7 heteroatoms. The molecule has 20 heavy (non-hydrogen) atoms. The van der Waals surface area contributed by atoms with Crippen molar-refractivity contribution in [2.24, 2.45) is 13.0 Å². The first-order valence-corrected chi connectivity index (χ1v) is 7.04. The van der Waals surface area contributed by atoms with Crippen molar-refractivity contribution in [3.8, 4) is 0 Å². The Morgan fingerprint density at radius 1 is 1.45 bits per heavy atom. The van der Waals surface area contributed by atoms with Gasteiger partial charge in [0.05, 0.1) is 13.2 Å². The van der Waals surface area contributed by atoms with Crippen LogP contribution in [0.25, 0.3) is 0 Å². The van der Waals surface area contributed by atoms with Crippen LogP contribution in [0.5, 0.6) is 0 Å². The Morgan fingerprint density at radius 2 is 2.30 bits per heavy atom. The fourth-order valence-corrected chi connectivity index (χ4v) is 3.15. The fraction of sp³-hybridized carbons (Fsp3) is 0.769. The van der Waals surface area contributed by atoms with Crippen LogP contribution in [-0.4, -0.2) is 69.9 Å². The molecule has 0 spiro atoms. The van der Waals surface area contributed by atoms with Crippen molar-refractivity contribution in [2.45, 2.75) is 19.0 Å². The number of amides is 1. The highest BCUT2D eigenvalue weighted by atomic mass is 16.5. The van der Waals surface area contributed by atoms with E-state index in [0.717, 1.165) is 31.9 Å². The molecule has 0 aromatic carbocycles. The molecule has 1 aromatic heterocycles. The van der Waals surface area contributed by atoms with Gasteiger partial charge in [0.2, 0.25) is 5.91 Å². The molecule has 3 heterocycles. The minimum Gasteiger partial charge on any atom is -0.371 e. The van der Waals surface area contributed by atoms with Crippen molar-refractivity contribution in [2.75, 3.05) is 33.4 Å². The largest absolute Gasteiger partial charge is 0.371 e. The van der Waals surface area contributed by atoms with Crippen molar-refractivity contribution < 1.29 is 9.53 Å². The number of ether oxygens (including phenoxy) is 1. The monoisotopic (exact) mass is 279 g/mol. The Hall–Kier alpha value is -1.47. The van der Waals surface area contributed by atoms with Gasteiger partial charge in [-0.25, -0.2) is 0 Å². The quantitative estimate of drug-likeness (QED) is 0.730. The van der Waals surface area contributed by atoms with Crippen LogP contribution in [0.1, 0.15) is 12.2 Å². The maximum absolute atomic E-state index is 11.8. The zero-order chi connectivity index (χ0) is 14.1. The summed E-state index contributed by atoms with van der Waals surface area (Å²) >= 11 is 0. The van der Waals surface area contributed by atoms with Crippen molar-refractivity contribution in [3.63, 3.8) is 0 Å². The van der Waals surface area contributed by atoms with Crippen LogP contribution < -0.4 is 0 Å². The molecule has 2 saturated heterocycles. The van der Waals surface area contributed by atoms with Gasteiger partial charge < -0.3 is 14.2 Å². The van der Waals surface area contributed by atoms with E-state index in [1.165, 1.54) is 0 Å². The van der Waals surface area contributed by atoms with Gasteiger partial charge in [0.15, 0.2) is 0 Å². The Bertz CT molecular complexity index is 489. The first-order chi connectivity index (χ1) is 9.65. The van der Waals surface area contributed by atoms with Gasteiger partial charge in [-0.05, 0) is 6.42 Å². The Morgan fingerprint density at radius 3 is 3.05 bits per heavy atom. The maximum Gasteiger partial charge on any atom is 0.248 e. The Balaban J connectivity index is 1.66. The van der Waals surface area contributed by atoms with Crippen LogP contribution in [0.2, 0.25) is 0 Å². The highest BCUT2D eigenvalue weighted by molar-refractivity contribution is 5.77. The SMILES string of the molecule is CN1C(=O)COCC2CN(Cc3nncn3C)CCC21. The average Bonchev–Trinajstić information content (AvgIpc) is 2.77. The second-order valence-electron chi connectivity index (χ2n) is 5.73. The number of piperidine rings is 1. The molecule has 2 aliphatic heterocycles. The van der Waals surface area contributed by atoms with E-state index < -0.39 is 0 Å². The number of carbonyl (C=O) groups is 1. The van der Waals surface area contributed by atoms with Gasteiger partial charge in [-0.15, -0.1) is 10.2 Å². The van der Waals surface area contributed by atoms with Crippen LogP contribution >= 0.6 is 0 Å². The summed E-state index contributed by atoms with van der Waals surface area (Å²) < 4.78 is 7.45. The second-order valence-corrected chi connectivity index (χ2v) is 5.73. The van der Waals surface area contributed by atoms with Gasteiger partial charge >= 0.3 is 0 Å². The number of likely N-dealkylation sites (tertiary alicyclic amines) is 1. The van der Waals surface area contributed by atoms with E-state index in [-0.39, 0.29) is 12.5 Å². The predicted molar refractivity (Wildman–Crippen MR) is 71.8 cm³/mol. The summed E-state index contributed by atoms with van der Waals surface area (Å²) in [6, 6.07) is 0.306. The van der Waals surface area contributed by atoms with Gasteiger partial charge in [0.25, 0.3) is 0 Å². The molecular weight excluding hydrogens is 258 g/mol. The van der Waals surface area contributed by atoms with Crippen molar-refractivity contribution in [1.29, 1.82) is 0 Å². The zero-order valence-corrected chi connectivity index (χ0v) is 12.0. The lowest BCUT2D eigenvalue weighted by Crippen LogP contribution is -2.51. The number of nitrogens with zero attached hydrogens (tertiary/aromatic N) is 5. The Kier molecular flexibility index (Phi) is 3.71. The lowest BCUT2D eigenvalue weighted by molar-refractivity contribution is -0.134. The standard InChI is InChI=1S/C13H21N5O2/c1-16-9-14-15-12(16)6-18-4-3-11-10(5-18)7-20-8-13(19)17(11)2/h9-11H,3-8H2,1-2H3. The first-order valence-electron chi connectivity index (χ1n) is 7.04. The number of fused-ring (bicyclic) bond motifs is 1. The normalized spacial score (nSPS) is 28.3. The highest BCUT2D eigenvalue weighted by Crippen LogP contribution is 2.25. The predicted octanol–water partition coefficient (Wildman–Crippen LogP) is -0.506. The molecule has 1 amide bonds. The summed E-state index contributed by atoms with van der Waals surface area (Å²) in [5.74, 6) is 1.45. The summed E-state index contributed by atoms with van der Waals surface area (Å²) in [5.41, 5.74) is 0. The number of hydrogen-bond donors (Lipinski definition) is 0. The average molecular weight is 279 g/mol. The van der Waals surface area contributed by atoms with E-state index in [1.807, 2.05) is 23.6 Å². The summed E-state index contributed by atoms with van der Waals surface area (Å²) in [5, 5.41) is 8.05. The third-order valence-electron chi connectivity index (χ3n) is 4.40. The number of aryl methyl sites for hydroxylation is 1. The van der Waals surface area contributed by atoms with E-state index in [1.54, 1.807) is 6.33 Å². The van der Waals surface area contributed by atoms with Gasteiger partial charge in [0, 0.05) is 39.1 Å². The molecule has 0 bridgehead atoms. The Labute approximate surface area is 118 Å². The van der Waals surface area contributed by atoms with Gasteiger partial charge in [-0.2, -0.15) is 0 Å². The second kappa shape index (κ2) is 5.49. The molecule has 2 aliphatic rings. The molecule has 2 atom stereocenters. The molecule has 2 unspecified atom stereocenters. The third kappa shape index (κ3) is 2.55. The fourth-order valence-electron chi connectivity index (χ4n) is 3.15. The van der Waals surface area contributed by atoms with E-state index in [0.29, 0.717) is 18.6 Å². The van der Waals surface area contributed by atoms with Crippen LogP contribution in [0.4, 0.5) is 0 Å². The van der Waals surface area contributed by atoms with E-state index in [9.17, 15) is 4.79 Å². The molecule has 0 saturated carbocycles. The summed E-state index contributed by atoms with van der Waals surface area (Å²) in [4.78, 5) is 16.1. The van der Waals surface area contributed by atoms with Crippen molar-refractivity contribution in [3.05, 3.63) is 12.2 Å². The molecule has 0 radical (unpaired) electrons. The first kappa shape index (κ1) is 13.5. The summed E-state index contributed by atoms with van der Waals surface area (Å²) in [7, 11) is 3.86. The molecule has 2 fully saturated rings. The molecule has 0 N–H and O–H groups in total. The van der Waals surface area contributed by atoms with E-state index >= 15 is 0 Å². The molecular formula is C13H21N5O2. The molecule has 3 rings (SSSR count). The zero-order valence-electron chi connectivity index (χ0n) is 12.0. The van der Waals surface area contributed by atoms with Gasteiger partial charge in [0.1, 0.15) is 18.8 Å². The minimum absolute atomic E-state index is 0.0965. The lowest BCUT2D eigenvalue weighted by atomic mass is 9.92. The smallest absolute Gasteiger partial charge is 0.248 e. The number of likely N-dealkylation sites (N-methyl/N-ethyl adjacent to an activating group) is 1. The number of carbonyl (C=O) groups excluding carboxylic acids is 1. The topological polar surface area (TPSA) is 63.5 Å². The van der Waals surface area contributed by atoms with Crippen LogP contribution in [0, 0.1) is 5.92 Å². The number of aromatic nitrogens is 3. The molecule has 0 aliphatic carbocycles. The molecule has 7 nitrogen and oxygen atoms in total. The van der Waals surface area contributed by atoms with E-state index in [2.05, 4.69) is 15.1 Å². The lowest BCUT2D eigenvalue weighted by Gasteiger charge is -2.40. The molecule has 110 valence electrons. The molecule has 1 aromatic rings. The number of hydrogen-bond acceptors (Lipinski definition) is 5. The van der Waals surface area contributed by atoms with Crippen molar-refractivity contribution in [1.82, 2.24) is 24.6 Å². The minimum atomic E-state index is 0.0965. The summed E-state index contributed by atoms with van der Waals surface area (Å²) in [6.45, 7) is 3.60. The van der Waals surface area contributed by atoms with Crippen LogP contribution in [0.3, 0.4) is 0 Å². The van der Waals surface area contributed by atoms with Crippen LogP contribution in [0.15, 0.2) is 6.33 Å². The van der Waals surface area contributed by atoms with Gasteiger partial charge in [-0.1, -0.05) is 0 Å². The summed E-state index contributed by atoms with van der Waals surface area (Å²) in [6.07, 6.45) is 2.72. The van der Waals surface area contributed by atoms with Crippen LogP contribution in [-0.2, 0) is 23.1 Å². The maximum atomic E-state index is 11.8. The van der Waals surface area contributed by atoms with E-state index in [4.69, 9.17) is 4.74 Å². The number of rotatable bonds is 2.